The molecule has 2 aromatic rings. The van der Waals surface area contributed by atoms with Crippen molar-refractivity contribution in [3.05, 3.63) is 59.7 Å². The number of phenols is 2. The number of nitrogens with one attached hydrogen (secondary N) is 9. The summed E-state index contributed by atoms with van der Waals surface area (Å²) in [6, 6.07) is -7.07. The van der Waals surface area contributed by atoms with Crippen LogP contribution >= 0.6 is 0 Å². The maximum Gasteiger partial charge on any atom is 0.326 e. The molecule has 0 radical (unpaired) electrons. The third-order valence-corrected chi connectivity index (χ3v) is 13.5. The van der Waals surface area contributed by atoms with Crippen molar-refractivity contribution in [1.82, 2.24) is 47.9 Å². The predicted molar refractivity (Wildman–Crippen MR) is 313 cm³/mol. The molecule has 0 aliphatic rings. The number of benzene rings is 2. The second-order valence-corrected chi connectivity index (χ2v) is 21.4. The first kappa shape index (κ1) is 76.6. The van der Waals surface area contributed by atoms with Crippen LogP contribution in [-0.4, -0.2) is 203 Å². The van der Waals surface area contributed by atoms with Gasteiger partial charge in [-0.2, -0.15) is 0 Å². The minimum absolute atomic E-state index is 0.106. The lowest BCUT2D eigenvalue weighted by molar-refractivity contribution is -0.148. The Balaban J connectivity index is 2.60. The number of carbonyl (C=O) groups excluding carboxylic acids is 9. The molecule has 0 saturated carbocycles. The fourth-order valence-corrected chi connectivity index (χ4v) is 8.59. The van der Waals surface area contributed by atoms with Gasteiger partial charge in [0, 0.05) is 19.3 Å². The highest BCUT2D eigenvalue weighted by Crippen LogP contribution is 2.16. The Morgan fingerprint density at radius 2 is 0.722 bits per heavy atom. The first-order valence-corrected chi connectivity index (χ1v) is 28.5. The highest BCUT2D eigenvalue weighted by Gasteiger charge is 2.38. The number of aliphatic carboxylic acids is 5. The molecule has 2 aromatic carbocycles. The van der Waals surface area contributed by atoms with E-state index in [0.29, 0.717) is 6.42 Å². The second kappa shape index (κ2) is 38.7. The summed E-state index contributed by atoms with van der Waals surface area (Å²) >= 11 is 0. The molecule has 90 heavy (non-hydrogen) atoms. The van der Waals surface area contributed by atoms with Gasteiger partial charge < -0.3 is 106 Å². The normalized spacial score (nSPS) is 14.7. The van der Waals surface area contributed by atoms with E-state index >= 15 is 0 Å². The van der Waals surface area contributed by atoms with Gasteiger partial charge in [0.15, 0.2) is 0 Å². The Hall–Kier alpha value is -9.54. The first-order chi connectivity index (χ1) is 42.3. The fraction of sp³-hybridized carbons (Fsp3) is 0.536. The van der Waals surface area contributed by atoms with Crippen LogP contribution in [0.15, 0.2) is 48.5 Å². The van der Waals surface area contributed by atoms with E-state index in [9.17, 15) is 97.8 Å². The van der Waals surface area contributed by atoms with Gasteiger partial charge in [0.25, 0.3) is 0 Å². The van der Waals surface area contributed by atoms with E-state index in [1.165, 1.54) is 62.4 Å². The smallest absolute Gasteiger partial charge is 0.326 e. The highest BCUT2D eigenvalue weighted by molar-refractivity contribution is 5.99. The van der Waals surface area contributed by atoms with Gasteiger partial charge >= 0.3 is 29.8 Å². The van der Waals surface area contributed by atoms with Gasteiger partial charge in [-0.05, 0) is 106 Å². The minimum Gasteiger partial charge on any atom is -0.508 e. The van der Waals surface area contributed by atoms with Crippen molar-refractivity contribution in [2.24, 2.45) is 23.1 Å². The van der Waals surface area contributed by atoms with E-state index in [1.54, 1.807) is 0 Å². The van der Waals surface area contributed by atoms with Crippen LogP contribution in [0.1, 0.15) is 103 Å². The molecule has 0 unspecified atom stereocenters. The molecule has 0 aliphatic carbocycles. The van der Waals surface area contributed by atoms with Crippen LogP contribution in [-0.2, 0) is 80.0 Å². The number of hydrogen-bond acceptors (Lipinski definition) is 20. The molecule has 0 bridgehead atoms. The van der Waals surface area contributed by atoms with Crippen LogP contribution in [0.4, 0.5) is 0 Å². The lowest BCUT2D eigenvalue weighted by Gasteiger charge is -2.30. The number of aliphatic hydroxyl groups is 1. The number of carbonyl (C=O) groups is 14. The molecule has 34 nitrogen and oxygen atoms in total. The predicted octanol–water partition coefficient (Wildman–Crippen LogP) is -4.76. The molecule has 2 rings (SSSR count). The maximum atomic E-state index is 14.7. The Labute approximate surface area is 515 Å². The number of unbranched alkanes of at least 4 members (excludes halogenated alkanes) is 2. The van der Waals surface area contributed by atoms with E-state index in [-0.39, 0.29) is 67.8 Å². The molecule has 9 amide bonds. The average molecular weight is 1280 g/mol. The van der Waals surface area contributed by atoms with Crippen molar-refractivity contribution >= 4 is 83.0 Å². The van der Waals surface area contributed by atoms with Crippen LogP contribution < -0.4 is 65.1 Å². The van der Waals surface area contributed by atoms with Gasteiger partial charge in [-0.1, -0.05) is 38.1 Å². The number of carboxylic acid groups (broad SMARTS) is 5. The third-order valence-electron chi connectivity index (χ3n) is 13.5. The molecule has 23 N–H and O–H groups in total. The summed E-state index contributed by atoms with van der Waals surface area (Å²) in [6.07, 6.45) is -6.35. The number of phenolic OH excluding ortho intramolecular Hbond substituents is 2. The van der Waals surface area contributed by atoms with Crippen LogP contribution in [0.5, 0.6) is 11.5 Å². The molecular formula is C56H82N12O22. The number of rotatable bonds is 42. The van der Waals surface area contributed by atoms with Crippen molar-refractivity contribution in [2.75, 3.05) is 13.1 Å². The first-order valence-electron chi connectivity index (χ1n) is 28.5. The van der Waals surface area contributed by atoms with E-state index in [0.717, 1.165) is 6.92 Å². The topological polar surface area (TPSA) is 587 Å². The zero-order valence-corrected chi connectivity index (χ0v) is 49.7. The molecular weight excluding hydrogens is 1190 g/mol. The standard InChI is InChI=1S/C56H82N12O22/c1-27(2)45(54(87)62-35(9-5-7-21-58)49(82)65-39(25-43(76)77)52(85)66-40(56(89)90)26-44(78)79)67-55(88)46(28(3)69)68-53(86)38(23-30-12-16-32(71)17-13-30)64-51(84)37(22-29-10-14-31(70)15-11-29)63-50(83)36(18-19-41(72)73)61-48(81)34(8-4-6-20-57)60-47(80)33(59)24-42(74)75/h10-17,27-28,33-40,45-46,69-71H,4-9,18-26,57-59H2,1-3H3,(H,60,80)(H,61,81)(H,62,87)(H,63,83)(H,64,84)(H,65,82)(H,66,85)(H,67,88)(H,68,86)(H,72,73)(H,74,75)(H,76,77)(H,78,79)(H,89,90)/t28-,33+,34+,35+,36+,37+,38+,39+,40+,45+,46+/m1/s1. The van der Waals surface area contributed by atoms with Gasteiger partial charge in [0.2, 0.25) is 53.2 Å². The molecule has 0 aliphatic heterocycles. The van der Waals surface area contributed by atoms with Gasteiger partial charge in [-0.15, -0.1) is 0 Å². The van der Waals surface area contributed by atoms with Crippen LogP contribution in [0, 0.1) is 5.92 Å². The van der Waals surface area contributed by atoms with Crippen molar-refractivity contribution in [3.63, 3.8) is 0 Å². The van der Waals surface area contributed by atoms with Gasteiger partial charge in [-0.25, -0.2) is 4.79 Å². The lowest BCUT2D eigenvalue weighted by Crippen LogP contribution is -2.63. The lowest BCUT2D eigenvalue weighted by atomic mass is 9.99. The number of hydrogen-bond donors (Lipinski definition) is 20. The molecule has 0 fully saturated rings. The summed E-state index contributed by atoms with van der Waals surface area (Å²) in [5.41, 5.74) is 17.5. The van der Waals surface area contributed by atoms with Crippen LogP contribution in [0.3, 0.4) is 0 Å². The van der Waals surface area contributed by atoms with E-state index < -0.39 is 200 Å². The van der Waals surface area contributed by atoms with Crippen molar-refractivity contribution in [3.8, 4) is 11.5 Å². The molecule has 34 heteroatoms. The Kier molecular flexibility index (Phi) is 32.9. The Bertz CT molecular complexity index is 2820. The van der Waals surface area contributed by atoms with E-state index in [4.69, 9.17) is 27.4 Å². The summed E-state index contributed by atoms with van der Waals surface area (Å²) in [5, 5.41) is 98.9. The average Bonchev–Trinajstić information content (AvgIpc) is 3.36. The quantitative estimate of drug-likeness (QED) is 0.0278. The number of nitrogens with two attached hydrogens (primary N) is 3. The third kappa shape index (κ3) is 28.1. The Morgan fingerprint density at radius 1 is 0.389 bits per heavy atom. The summed E-state index contributed by atoms with van der Waals surface area (Å²) in [7, 11) is 0. The zero-order valence-electron chi connectivity index (χ0n) is 49.7. The molecule has 0 heterocycles. The summed E-state index contributed by atoms with van der Waals surface area (Å²) in [5.74, 6) is -19.6. The van der Waals surface area contributed by atoms with Crippen LogP contribution in [0.25, 0.3) is 0 Å². The van der Waals surface area contributed by atoms with E-state index in [2.05, 4.69) is 42.5 Å². The second-order valence-electron chi connectivity index (χ2n) is 21.4. The van der Waals surface area contributed by atoms with Gasteiger partial charge in [0.05, 0.1) is 31.4 Å². The zero-order chi connectivity index (χ0) is 67.9. The summed E-state index contributed by atoms with van der Waals surface area (Å²) in [4.78, 5) is 183. The largest absolute Gasteiger partial charge is 0.508 e. The van der Waals surface area contributed by atoms with Crippen molar-refractivity contribution in [1.29, 1.82) is 0 Å². The van der Waals surface area contributed by atoms with Crippen molar-refractivity contribution in [2.45, 2.75) is 171 Å². The SMILES string of the molecule is CC(C)[C@H](NC(=O)[C@@H](NC(=O)[C@H](Cc1ccc(O)cc1)NC(=O)[C@H](Cc1ccc(O)cc1)NC(=O)[C@H](CCC(=O)O)NC(=O)[C@H](CCCCN)NC(=O)[C@@H](N)CC(=O)O)[C@@H](C)O)C(=O)N[C@@H](CCCCN)C(=O)N[C@@H](CC(=O)O)C(=O)N[C@@H](CC(=O)O)C(=O)O. The number of aromatic hydroxyl groups is 2. The summed E-state index contributed by atoms with van der Waals surface area (Å²) < 4.78 is 0. The molecule has 0 spiro atoms. The molecule has 498 valence electrons. The molecule has 0 saturated heterocycles. The van der Waals surface area contributed by atoms with Crippen LogP contribution in [0.2, 0.25) is 0 Å². The minimum atomic E-state index is -2.04. The van der Waals surface area contributed by atoms with Gasteiger partial charge in [0.1, 0.15) is 65.9 Å². The number of aliphatic hydroxyl groups excluding tert-OH is 1. The van der Waals surface area contributed by atoms with Gasteiger partial charge in [-0.3, -0.25) is 62.3 Å². The number of carboxylic acids is 5. The van der Waals surface area contributed by atoms with E-state index in [1.807, 2.05) is 5.32 Å². The number of amides is 9. The monoisotopic (exact) mass is 1270 g/mol. The Morgan fingerprint density at radius 3 is 1.12 bits per heavy atom. The molecule has 11 atom stereocenters. The fourth-order valence-electron chi connectivity index (χ4n) is 8.59. The molecule has 0 aromatic heterocycles. The van der Waals surface area contributed by atoms with Crippen molar-refractivity contribution < 1.29 is 108 Å². The highest BCUT2D eigenvalue weighted by atomic mass is 16.4. The summed E-state index contributed by atoms with van der Waals surface area (Å²) in [6.45, 7) is 4.27. The maximum absolute atomic E-state index is 14.7.